The second-order valence-corrected chi connectivity index (χ2v) is 6.35. The van der Waals surface area contributed by atoms with Gasteiger partial charge in [-0.05, 0) is 24.6 Å². The summed E-state index contributed by atoms with van der Waals surface area (Å²) in [6.45, 7) is 4.07. The van der Waals surface area contributed by atoms with Crippen LogP contribution >= 0.6 is 0 Å². The highest BCUT2D eigenvalue weighted by molar-refractivity contribution is 5.93. The SMILES string of the molecule is Cc1ccc([N+](=O)[O-])cc1NC(=O)CN1CCN(C(=O)c2ccco2)CC1. The molecule has 2 amide bonds. The molecule has 1 aromatic carbocycles. The van der Waals surface area contributed by atoms with Crippen LogP contribution in [0.4, 0.5) is 11.4 Å². The number of furan rings is 1. The van der Waals surface area contributed by atoms with Crippen LogP contribution in [-0.2, 0) is 4.79 Å². The minimum atomic E-state index is -0.496. The van der Waals surface area contributed by atoms with E-state index in [0.29, 0.717) is 37.6 Å². The van der Waals surface area contributed by atoms with Crippen molar-refractivity contribution in [2.45, 2.75) is 6.92 Å². The van der Waals surface area contributed by atoms with Crippen LogP contribution in [0.5, 0.6) is 0 Å². The average molecular weight is 372 g/mol. The molecule has 1 aromatic heterocycles. The number of nitro groups is 1. The number of hydrogen-bond donors (Lipinski definition) is 1. The smallest absolute Gasteiger partial charge is 0.289 e. The van der Waals surface area contributed by atoms with E-state index >= 15 is 0 Å². The fraction of sp³-hybridized carbons (Fsp3) is 0.333. The molecular formula is C18H20N4O5. The molecule has 27 heavy (non-hydrogen) atoms. The number of anilines is 1. The molecule has 1 saturated heterocycles. The Labute approximate surface area is 155 Å². The predicted octanol–water partition coefficient (Wildman–Crippen LogP) is 1.89. The number of benzene rings is 1. The first-order valence-corrected chi connectivity index (χ1v) is 8.54. The zero-order valence-electron chi connectivity index (χ0n) is 14.9. The van der Waals surface area contributed by atoms with Gasteiger partial charge >= 0.3 is 0 Å². The van der Waals surface area contributed by atoms with Gasteiger partial charge in [-0.1, -0.05) is 6.07 Å². The van der Waals surface area contributed by atoms with Gasteiger partial charge in [-0.3, -0.25) is 24.6 Å². The molecule has 142 valence electrons. The van der Waals surface area contributed by atoms with Gasteiger partial charge in [0.25, 0.3) is 11.6 Å². The lowest BCUT2D eigenvalue weighted by Crippen LogP contribution is -2.50. The minimum Gasteiger partial charge on any atom is -0.459 e. The molecule has 0 unspecified atom stereocenters. The number of hydrogen-bond acceptors (Lipinski definition) is 6. The molecule has 0 atom stereocenters. The number of nitrogens with zero attached hydrogens (tertiary/aromatic N) is 3. The van der Waals surface area contributed by atoms with E-state index in [-0.39, 0.29) is 24.0 Å². The van der Waals surface area contributed by atoms with Gasteiger partial charge in [-0.15, -0.1) is 0 Å². The molecule has 1 aliphatic rings. The molecule has 2 aromatic rings. The number of carbonyl (C=O) groups excluding carboxylic acids is 2. The molecule has 0 saturated carbocycles. The zero-order chi connectivity index (χ0) is 19.4. The maximum atomic E-state index is 12.3. The lowest BCUT2D eigenvalue weighted by Gasteiger charge is -2.33. The van der Waals surface area contributed by atoms with E-state index in [9.17, 15) is 19.7 Å². The third-order valence-corrected chi connectivity index (χ3v) is 4.46. The van der Waals surface area contributed by atoms with Gasteiger partial charge in [-0.2, -0.15) is 0 Å². The summed E-state index contributed by atoms with van der Waals surface area (Å²) in [6, 6.07) is 7.66. The quantitative estimate of drug-likeness (QED) is 0.634. The number of carbonyl (C=O) groups is 2. The predicted molar refractivity (Wildman–Crippen MR) is 97.5 cm³/mol. The van der Waals surface area contributed by atoms with Gasteiger partial charge in [0.05, 0.1) is 23.4 Å². The van der Waals surface area contributed by atoms with Crippen molar-refractivity contribution < 1.29 is 18.9 Å². The van der Waals surface area contributed by atoms with Gasteiger partial charge in [-0.25, -0.2) is 0 Å². The van der Waals surface area contributed by atoms with Crippen molar-refractivity contribution in [3.05, 3.63) is 58.0 Å². The number of amides is 2. The maximum absolute atomic E-state index is 12.3. The molecule has 2 heterocycles. The molecule has 0 radical (unpaired) electrons. The third kappa shape index (κ3) is 4.50. The van der Waals surface area contributed by atoms with Crippen LogP contribution in [0.1, 0.15) is 16.1 Å². The molecule has 0 spiro atoms. The molecule has 1 N–H and O–H groups in total. The van der Waals surface area contributed by atoms with Crippen LogP contribution in [0.15, 0.2) is 41.0 Å². The van der Waals surface area contributed by atoms with Crippen molar-refractivity contribution >= 4 is 23.2 Å². The summed E-state index contributed by atoms with van der Waals surface area (Å²) >= 11 is 0. The standard InChI is InChI=1S/C18H20N4O5/c1-13-4-5-14(22(25)26)11-15(13)19-17(23)12-20-6-8-21(9-7-20)18(24)16-3-2-10-27-16/h2-5,10-11H,6-9,12H2,1H3,(H,19,23). The van der Waals surface area contributed by atoms with Gasteiger partial charge < -0.3 is 14.6 Å². The van der Waals surface area contributed by atoms with E-state index in [2.05, 4.69) is 5.32 Å². The molecule has 0 aliphatic carbocycles. The number of nitro benzene ring substituents is 1. The van der Waals surface area contributed by atoms with E-state index < -0.39 is 4.92 Å². The molecular weight excluding hydrogens is 352 g/mol. The Bertz CT molecular complexity index is 841. The Balaban J connectivity index is 1.52. The van der Waals surface area contributed by atoms with Crippen LogP contribution in [0.3, 0.4) is 0 Å². The second-order valence-electron chi connectivity index (χ2n) is 6.35. The number of nitrogens with one attached hydrogen (secondary N) is 1. The van der Waals surface area contributed by atoms with Gasteiger partial charge in [0.2, 0.25) is 5.91 Å². The van der Waals surface area contributed by atoms with E-state index in [1.54, 1.807) is 30.0 Å². The first kappa shape index (κ1) is 18.6. The van der Waals surface area contributed by atoms with E-state index in [1.165, 1.54) is 18.4 Å². The van der Waals surface area contributed by atoms with E-state index in [1.807, 2.05) is 4.90 Å². The summed E-state index contributed by atoms with van der Waals surface area (Å²) in [6.07, 6.45) is 1.46. The van der Waals surface area contributed by atoms with Crippen molar-refractivity contribution in [1.82, 2.24) is 9.80 Å². The lowest BCUT2D eigenvalue weighted by molar-refractivity contribution is -0.384. The Hall–Kier alpha value is -3.20. The summed E-state index contributed by atoms with van der Waals surface area (Å²) in [4.78, 5) is 38.6. The fourth-order valence-corrected chi connectivity index (χ4v) is 2.92. The molecule has 9 heteroatoms. The fourth-order valence-electron chi connectivity index (χ4n) is 2.92. The van der Waals surface area contributed by atoms with Gasteiger partial charge in [0.1, 0.15) is 0 Å². The number of rotatable bonds is 5. The third-order valence-electron chi connectivity index (χ3n) is 4.46. The van der Waals surface area contributed by atoms with Crippen LogP contribution in [0.25, 0.3) is 0 Å². The Morgan fingerprint density at radius 3 is 2.59 bits per heavy atom. The Morgan fingerprint density at radius 1 is 1.22 bits per heavy atom. The Morgan fingerprint density at radius 2 is 1.96 bits per heavy atom. The molecule has 0 bridgehead atoms. The second kappa shape index (κ2) is 8.00. The number of non-ortho nitro benzene ring substituents is 1. The Kier molecular flexibility index (Phi) is 5.51. The summed E-state index contributed by atoms with van der Waals surface area (Å²) in [5.74, 6) is -0.0944. The first-order chi connectivity index (χ1) is 12.9. The van der Waals surface area contributed by atoms with Gasteiger partial charge in [0, 0.05) is 38.3 Å². The van der Waals surface area contributed by atoms with Crippen molar-refractivity contribution in [3.8, 4) is 0 Å². The monoisotopic (exact) mass is 372 g/mol. The maximum Gasteiger partial charge on any atom is 0.289 e. The number of aryl methyl sites for hydroxylation is 1. The highest BCUT2D eigenvalue weighted by Crippen LogP contribution is 2.21. The van der Waals surface area contributed by atoms with Crippen molar-refractivity contribution in [1.29, 1.82) is 0 Å². The zero-order valence-corrected chi connectivity index (χ0v) is 14.9. The largest absolute Gasteiger partial charge is 0.459 e. The lowest BCUT2D eigenvalue weighted by atomic mass is 10.2. The summed E-state index contributed by atoms with van der Waals surface area (Å²) < 4.78 is 5.13. The summed E-state index contributed by atoms with van der Waals surface area (Å²) in [7, 11) is 0. The van der Waals surface area contributed by atoms with Gasteiger partial charge in [0.15, 0.2) is 5.76 Å². The minimum absolute atomic E-state index is 0.0686. The topological polar surface area (TPSA) is 109 Å². The van der Waals surface area contributed by atoms with Crippen molar-refractivity contribution in [2.24, 2.45) is 0 Å². The highest BCUT2D eigenvalue weighted by atomic mass is 16.6. The van der Waals surface area contributed by atoms with E-state index in [4.69, 9.17) is 4.42 Å². The number of piperazine rings is 1. The molecule has 1 fully saturated rings. The van der Waals surface area contributed by atoms with E-state index in [0.717, 1.165) is 5.56 Å². The van der Waals surface area contributed by atoms with Crippen molar-refractivity contribution in [3.63, 3.8) is 0 Å². The normalized spacial score (nSPS) is 14.8. The first-order valence-electron chi connectivity index (χ1n) is 8.54. The molecule has 3 rings (SSSR count). The summed E-state index contributed by atoms with van der Waals surface area (Å²) in [5, 5.41) is 13.6. The van der Waals surface area contributed by atoms with Crippen LogP contribution in [-0.4, -0.2) is 59.3 Å². The molecule has 1 aliphatic heterocycles. The van der Waals surface area contributed by atoms with Crippen LogP contribution in [0, 0.1) is 17.0 Å². The van der Waals surface area contributed by atoms with Crippen molar-refractivity contribution in [2.75, 3.05) is 38.0 Å². The summed E-state index contributed by atoms with van der Waals surface area (Å²) in [5.41, 5.74) is 1.12. The van der Waals surface area contributed by atoms with Crippen LogP contribution < -0.4 is 5.32 Å². The van der Waals surface area contributed by atoms with Crippen LogP contribution in [0.2, 0.25) is 0 Å². The molecule has 9 nitrogen and oxygen atoms in total. The average Bonchev–Trinajstić information content (AvgIpc) is 3.18. The highest BCUT2D eigenvalue weighted by Gasteiger charge is 2.24.